The number of halogens is 1. The third-order valence-corrected chi connectivity index (χ3v) is 2.34. The van der Waals surface area contributed by atoms with Crippen LogP contribution in [0.15, 0.2) is 48.8 Å². The molecule has 0 saturated carbocycles. The number of phenols is 1. The lowest BCUT2D eigenvalue weighted by Gasteiger charge is -2.00. The van der Waals surface area contributed by atoms with Crippen LogP contribution >= 0.6 is 0 Å². The van der Waals surface area contributed by atoms with E-state index < -0.39 is 11.6 Å². The van der Waals surface area contributed by atoms with E-state index >= 15 is 0 Å². The predicted molar refractivity (Wildman–Crippen MR) is 65.7 cm³/mol. The number of ketones is 1. The Labute approximate surface area is 103 Å². The summed E-state index contributed by atoms with van der Waals surface area (Å²) in [7, 11) is 0. The summed E-state index contributed by atoms with van der Waals surface area (Å²) in [6.07, 6.45) is 6.13. The number of carbonyl (C=O) groups is 1. The molecule has 1 heterocycles. The lowest BCUT2D eigenvalue weighted by atomic mass is 10.1. The highest BCUT2D eigenvalue weighted by molar-refractivity contribution is 6.08. The second-order valence-electron chi connectivity index (χ2n) is 3.65. The Kier molecular flexibility index (Phi) is 3.48. The van der Waals surface area contributed by atoms with Gasteiger partial charge in [-0.25, -0.2) is 4.39 Å². The average Bonchev–Trinajstić information content (AvgIpc) is 2.37. The average molecular weight is 243 g/mol. The number of aromatic hydroxyl groups is 1. The minimum atomic E-state index is -0.583. The number of phenolic OH excluding ortho intramolecular Hbond substituents is 1. The molecule has 0 aliphatic heterocycles. The quantitative estimate of drug-likeness (QED) is 0.666. The summed E-state index contributed by atoms with van der Waals surface area (Å²) in [6.45, 7) is 0. The van der Waals surface area contributed by atoms with E-state index in [1.807, 2.05) is 0 Å². The van der Waals surface area contributed by atoms with Gasteiger partial charge in [0.2, 0.25) is 0 Å². The van der Waals surface area contributed by atoms with E-state index in [1.165, 1.54) is 12.1 Å². The van der Waals surface area contributed by atoms with Gasteiger partial charge in [0.25, 0.3) is 0 Å². The van der Waals surface area contributed by atoms with Crippen LogP contribution in [0.2, 0.25) is 0 Å². The maximum atomic E-state index is 12.8. The molecule has 0 radical (unpaired) electrons. The number of carbonyl (C=O) groups excluding carboxylic acids is 1. The van der Waals surface area contributed by atoms with E-state index in [4.69, 9.17) is 0 Å². The van der Waals surface area contributed by atoms with Crippen molar-refractivity contribution in [2.45, 2.75) is 0 Å². The topological polar surface area (TPSA) is 50.2 Å². The predicted octanol–water partition coefficient (Wildman–Crippen LogP) is 2.82. The summed E-state index contributed by atoms with van der Waals surface area (Å²) in [5.74, 6) is -1.34. The molecular formula is C14H10FNO2. The van der Waals surface area contributed by atoms with E-state index in [-0.39, 0.29) is 11.3 Å². The molecule has 1 aromatic heterocycles. The number of nitrogens with zero attached hydrogens (tertiary/aromatic N) is 1. The smallest absolute Gasteiger partial charge is 0.189 e. The summed E-state index contributed by atoms with van der Waals surface area (Å²) in [6, 6.07) is 6.83. The van der Waals surface area contributed by atoms with Crippen LogP contribution in [0.3, 0.4) is 0 Å². The van der Waals surface area contributed by atoms with Crippen LogP contribution in [0.5, 0.6) is 5.75 Å². The highest BCUT2D eigenvalue weighted by atomic mass is 19.1. The van der Waals surface area contributed by atoms with Crippen molar-refractivity contribution in [1.29, 1.82) is 0 Å². The van der Waals surface area contributed by atoms with Crippen molar-refractivity contribution in [2.75, 3.05) is 0 Å². The van der Waals surface area contributed by atoms with Crippen LogP contribution in [0.4, 0.5) is 4.39 Å². The van der Waals surface area contributed by atoms with Gasteiger partial charge in [-0.1, -0.05) is 6.07 Å². The number of rotatable bonds is 3. The van der Waals surface area contributed by atoms with Crippen LogP contribution < -0.4 is 0 Å². The molecule has 4 heteroatoms. The molecule has 18 heavy (non-hydrogen) atoms. The van der Waals surface area contributed by atoms with Crippen molar-refractivity contribution in [3.63, 3.8) is 0 Å². The molecule has 3 nitrogen and oxygen atoms in total. The highest BCUT2D eigenvalue weighted by Gasteiger charge is 2.08. The van der Waals surface area contributed by atoms with Gasteiger partial charge in [-0.2, -0.15) is 0 Å². The first-order chi connectivity index (χ1) is 8.66. The summed E-state index contributed by atoms with van der Waals surface area (Å²) in [5, 5.41) is 9.45. The number of aromatic nitrogens is 1. The van der Waals surface area contributed by atoms with Crippen LogP contribution in [-0.2, 0) is 0 Å². The molecule has 0 fully saturated rings. The van der Waals surface area contributed by atoms with E-state index in [0.717, 1.165) is 17.7 Å². The van der Waals surface area contributed by atoms with Crippen molar-refractivity contribution < 1.29 is 14.3 Å². The van der Waals surface area contributed by atoms with Gasteiger partial charge in [0.05, 0.1) is 5.56 Å². The first-order valence-electron chi connectivity index (χ1n) is 5.28. The first kappa shape index (κ1) is 12.0. The molecule has 1 aromatic carbocycles. The van der Waals surface area contributed by atoms with E-state index in [2.05, 4.69) is 4.98 Å². The Bertz CT molecular complexity index is 594. The number of hydrogen-bond donors (Lipinski definition) is 1. The lowest BCUT2D eigenvalue weighted by Crippen LogP contribution is -1.95. The van der Waals surface area contributed by atoms with Crippen molar-refractivity contribution >= 4 is 11.9 Å². The Morgan fingerprint density at radius 1 is 1.33 bits per heavy atom. The Morgan fingerprint density at radius 3 is 2.83 bits per heavy atom. The molecule has 0 amide bonds. The zero-order valence-corrected chi connectivity index (χ0v) is 9.38. The molecule has 2 aromatic rings. The molecule has 1 N–H and O–H groups in total. The summed E-state index contributed by atoms with van der Waals surface area (Å²) >= 11 is 0. The van der Waals surface area contributed by atoms with Gasteiger partial charge in [-0.05, 0) is 35.9 Å². The minimum absolute atomic E-state index is 0.0662. The van der Waals surface area contributed by atoms with Crippen molar-refractivity contribution in [1.82, 2.24) is 4.98 Å². The zero-order chi connectivity index (χ0) is 13.0. The van der Waals surface area contributed by atoms with E-state index in [1.54, 1.807) is 30.6 Å². The summed E-state index contributed by atoms with van der Waals surface area (Å²) in [4.78, 5) is 15.7. The molecule has 0 spiro atoms. The molecule has 0 saturated heterocycles. The number of pyridine rings is 1. The van der Waals surface area contributed by atoms with Crippen LogP contribution in [0.1, 0.15) is 15.9 Å². The largest absolute Gasteiger partial charge is 0.507 e. The molecule has 90 valence electrons. The molecular weight excluding hydrogens is 233 g/mol. The lowest BCUT2D eigenvalue weighted by molar-refractivity contribution is 0.104. The van der Waals surface area contributed by atoms with Gasteiger partial charge in [0.1, 0.15) is 11.6 Å². The Hall–Kier alpha value is -2.49. The number of allylic oxidation sites excluding steroid dienone is 1. The van der Waals surface area contributed by atoms with E-state index in [9.17, 15) is 14.3 Å². The zero-order valence-electron chi connectivity index (χ0n) is 9.38. The van der Waals surface area contributed by atoms with Gasteiger partial charge in [0.15, 0.2) is 5.78 Å². The summed E-state index contributed by atoms with van der Waals surface area (Å²) < 4.78 is 12.8. The van der Waals surface area contributed by atoms with Crippen molar-refractivity contribution in [3.8, 4) is 5.75 Å². The number of hydrogen-bond acceptors (Lipinski definition) is 3. The monoisotopic (exact) mass is 243 g/mol. The normalized spacial score (nSPS) is 10.7. The maximum Gasteiger partial charge on any atom is 0.189 e. The standard InChI is InChI=1S/C14H10FNO2/c15-11-4-5-12(14(18)8-11)13(17)6-3-10-2-1-7-16-9-10/h1-9,18H. The molecule has 0 aliphatic carbocycles. The van der Waals surface area contributed by atoms with Gasteiger partial charge in [0, 0.05) is 18.5 Å². The maximum absolute atomic E-state index is 12.8. The third kappa shape index (κ3) is 2.79. The fourth-order valence-electron chi connectivity index (χ4n) is 1.45. The first-order valence-corrected chi connectivity index (χ1v) is 5.28. The second kappa shape index (κ2) is 5.23. The fraction of sp³-hybridized carbons (Fsp3) is 0. The molecule has 2 rings (SSSR count). The Balaban J connectivity index is 2.20. The third-order valence-electron chi connectivity index (χ3n) is 2.34. The van der Waals surface area contributed by atoms with Gasteiger partial charge in [-0.15, -0.1) is 0 Å². The highest BCUT2D eigenvalue weighted by Crippen LogP contribution is 2.19. The SMILES string of the molecule is O=C(C=Cc1cccnc1)c1ccc(F)cc1O. The molecule has 0 aliphatic rings. The van der Waals surface area contributed by atoms with Gasteiger partial charge >= 0.3 is 0 Å². The molecule has 0 bridgehead atoms. The van der Waals surface area contributed by atoms with Crippen LogP contribution in [-0.4, -0.2) is 15.9 Å². The van der Waals surface area contributed by atoms with Gasteiger partial charge in [-0.3, -0.25) is 9.78 Å². The van der Waals surface area contributed by atoms with Crippen molar-refractivity contribution in [3.05, 3.63) is 65.7 Å². The van der Waals surface area contributed by atoms with Crippen molar-refractivity contribution in [2.24, 2.45) is 0 Å². The van der Waals surface area contributed by atoms with Crippen LogP contribution in [0, 0.1) is 5.82 Å². The molecule has 0 unspecified atom stereocenters. The summed E-state index contributed by atoms with van der Waals surface area (Å²) in [5.41, 5.74) is 0.837. The van der Waals surface area contributed by atoms with E-state index in [0.29, 0.717) is 0 Å². The fourth-order valence-corrected chi connectivity index (χ4v) is 1.45. The second-order valence-corrected chi connectivity index (χ2v) is 3.65. The minimum Gasteiger partial charge on any atom is -0.507 e. The van der Waals surface area contributed by atoms with Gasteiger partial charge < -0.3 is 5.11 Å². The Morgan fingerprint density at radius 2 is 2.17 bits per heavy atom. The van der Waals surface area contributed by atoms with Crippen LogP contribution in [0.25, 0.3) is 6.08 Å². The molecule has 0 atom stereocenters. The number of benzene rings is 1.